The first-order valence-corrected chi connectivity index (χ1v) is 8.71. The number of hydrogen-bond donors (Lipinski definition) is 2. The number of anilines is 1. The van der Waals surface area contributed by atoms with E-state index in [0.29, 0.717) is 24.7 Å². The molecule has 136 valence electrons. The van der Waals surface area contributed by atoms with Gasteiger partial charge in [-0.25, -0.2) is 9.97 Å². The Bertz CT molecular complexity index is 870. The van der Waals surface area contributed by atoms with E-state index in [0.717, 1.165) is 23.4 Å². The van der Waals surface area contributed by atoms with E-state index in [2.05, 4.69) is 33.8 Å². The summed E-state index contributed by atoms with van der Waals surface area (Å²) in [5.41, 5.74) is 2.79. The summed E-state index contributed by atoms with van der Waals surface area (Å²) >= 11 is 0. The van der Waals surface area contributed by atoms with E-state index in [-0.39, 0.29) is 17.5 Å². The SMILES string of the molecule is C=CC(=O)N1CC(C(CC)Nc2cc(-c3cc(C)ncn3)c[nH]c2=O)C1. The summed E-state index contributed by atoms with van der Waals surface area (Å²) in [6.45, 7) is 8.84. The Morgan fingerprint density at radius 2 is 2.23 bits per heavy atom. The van der Waals surface area contributed by atoms with Gasteiger partial charge in [0.1, 0.15) is 12.0 Å². The van der Waals surface area contributed by atoms with Crippen LogP contribution in [0.1, 0.15) is 19.0 Å². The van der Waals surface area contributed by atoms with E-state index >= 15 is 0 Å². The van der Waals surface area contributed by atoms with Crippen LogP contribution in [0.4, 0.5) is 5.69 Å². The van der Waals surface area contributed by atoms with E-state index in [9.17, 15) is 9.59 Å². The van der Waals surface area contributed by atoms with Gasteiger partial charge in [0, 0.05) is 42.5 Å². The monoisotopic (exact) mass is 353 g/mol. The van der Waals surface area contributed by atoms with E-state index in [1.165, 1.54) is 12.4 Å². The average molecular weight is 353 g/mol. The topological polar surface area (TPSA) is 91.0 Å². The van der Waals surface area contributed by atoms with Gasteiger partial charge in [-0.2, -0.15) is 0 Å². The third-order valence-electron chi connectivity index (χ3n) is 4.75. The zero-order chi connectivity index (χ0) is 18.7. The number of pyridine rings is 1. The van der Waals surface area contributed by atoms with Crippen molar-refractivity contribution in [3.05, 3.63) is 53.4 Å². The van der Waals surface area contributed by atoms with Crippen LogP contribution < -0.4 is 10.9 Å². The van der Waals surface area contributed by atoms with Gasteiger partial charge in [0.25, 0.3) is 5.56 Å². The molecule has 2 aromatic rings. The van der Waals surface area contributed by atoms with Crippen LogP contribution in [0.15, 0.2) is 42.1 Å². The van der Waals surface area contributed by atoms with Gasteiger partial charge < -0.3 is 15.2 Å². The largest absolute Gasteiger partial charge is 0.377 e. The number of nitrogens with one attached hydrogen (secondary N) is 2. The molecule has 1 amide bonds. The number of hydrogen-bond acceptors (Lipinski definition) is 5. The first kappa shape index (κ1) is 17.8. The van der Waals surface area contributed by atoms with Crippen LogP contribution in [-0.4, -0.2) is 44.9 Å². The van der Waals surface area contributed by atoms with Crippen LogP contribution in [0.5, 0.6) is 0 Å². The van der Waals surface area contributed by atoms with Gasteiger partial charge in [-0.1, -0.05) is 13.5 Å². The maximum atomic E-state index is 12.2. The summed E-state index contributed by atoms with van der Waals surface area (Å²) in [7, 11) is 0. The Kier molecular flexibility index (Phi) is 5.16. The molecule has 1 aliphatic heterocycles. The zero-order valence-corrected chi connectivity index (χ0v) is 15.0. The maximum absolute atomic E-state index is 12.2. The van der Waals surface area contributed by atoms with Crippen molar-refractivity contribution in [3.8, 4) is 11.3 Å². The minimum absolute atomic E-state index is 0.0462. The smallest absolute Gasteiger partial charge is 0.271 e. The quantitative estimate of drug-likeness (QED) is 0.775. The minimum Gasteiger partial charge on any atom is -0.377 e. The second-order valence-corrected chi connectivity index (χ2v) is 6.54. The van der Waals surface area contributed by atoms with Gasteiger partial charge in [0.05, 0.1) is 5.69 Å². The lowest BCUT2D eigenvalue weighted by atomic mass is 9.89. The van der Waals surface area contributed by atoms with Gasteiger partial charge in [-0.05, 0) is 31.6 Å². The lowest BCUT2D eigenvalue weighted by Gasteiger charge is -2.43. The van der Waals surface area contributed by atoms with Crippen LogP contribution in [0, 0.1) is 12.8 Å². The molecule has 0 bridgehead atoms. The third kappa shape index (κ3) is 3.66. The summed E-state index contributed by atoms with van der Waals surface area (Å²) < 4.78 is 0. The molecule has 1 fully saturated rings. The number of nitrogens with zero attached hydrogens (tertiary/aromatic N) is 3. The number of carbonyl (C=O) groups excluding carboxylic acids is 1. The molecule has 1 unspecified atom stereocenters. The van der Waals surface area contributed by atoms with E-state index in [4.69, 9.17) is 0 Å². The fourth-order valence-corrected chi connectivity index (χ4v) is 3.18. The van der Waals surface area contributed by atoms with Crippen molar-refractivity contribution < 1.29 is 4.79 Å². The number of likely N-dealkylation sites (tertiary alicyclic amines) is 1. The standard InChI is InChI=1S/C19H23N5O2/c1-4-15(14-9-24(10-14)18(25)5-2)23-17-7-13(8-20-19(17)26)16-6-12(3)21-11-22-16/h5-8,11,14-15,23H,2,4,9-10H2,1,3H3,(H,20,26). The number of amides is 1. The number of rotatable bonds is 6. The molecule has 2 aromatic heterocycles. The van der Waals surface area contributed by atoms with Gasteiger partial charge in [0.2, 0.25) is 5.91 Å². The van der Waals surface area contributed by atoms with Crippen molar-refractivity contribution in [1.82, 2.24) is 19.9 Å². The van der Waals surface area contributed by atoms with Crippen molar-refractivity contribution >= 4 is 11.6 Å². The van der Waals surface area contributed by atoms with Crippen molar-refractivity contribution in [3.63, 3.8) is 0 Å². The van der Waals surface area contributed by atoms with Crippen LogP contribution in [0.25, 0.3) is 11.3 Å². The number of aromatic nitrogens is 3. The first-order valence-electron chi connectivity index (χ1n) is 8.71. The highest BCUT2D eigenvalue weighted by molar-refractivity contribution is 5.87. The molecular weight excluding hydrogens is 330 g/mol. The second-order valence-electron chi connectivity index (χ2n) is 6.54. The van der Waals surface area contributed by atoms with Gasteiger partial charge >= 0.3 is 0 Å². The maximum Gasteiger partial charge on any atom is 0.271 e. The van der Waals surface area contributed by atoms with Gasteiger partial charge in [-0.3, -0.25) is 9.59 Å². The molecule has 3 heterocycles. The third-order valence-corrected chi connectivity index (χ3v) is 4.75. The highest BCUT2D eigenvalue weighted by Crippen LogP contribution is 2.25. The number of aryl methyl sites for hydroxylation is 1. The summed E-state index contributed by atoms with van der Waals surface area (Å²) in [6, 6.07) is 3.81. The highest BCUT2D eigenvalue weighted by atomic mass is 16.2. The predicted octanol–water partition coefficient (Wildman–Crippen LogP) is 1.98. The van der Waals surface area contributed by atoms with Crippen LogP contribution >= 0.6 is 0 Å². The molecule has 3 rings (SSSR count). The van der Waals surface area contributed by atoms with E-state index < -0.39 is 0 Å². The summed E-state index contributed by atoms with van der Waals surface area (Å²) in [5.74, 6) is 0.267. The molecule has 0 saturated carbocycles. The zero-order valence-electron chi connectivity index (χ0n) is 15.0. The Morgan fingerprint density at radius 1 is 1.46 bits per heavy atom. The van der Waals surface area contributed by atoms with Crippen molar-refractivity contribution in [2.75, 3.05) is 18.4 Å². The summed E-state index contributed by atoms with van der Waals surface area (Å²) in [6.07, 6.45) is 5.36. The van der Waals surface area contributed by atoms with Crippen LogP contribution in [-0.2, 0) is 4.79 Å². The fraction of sp³-hybridized carbons (Fsp3) is 0.368. The van der Waals surface area contributed by atoms with Crippen molar-refractivity contribution in [2.24, 2.45) is 5.92 Å². The van der Waals surface area contributed by atoms with Crippen molar-refractivity contribution in [2.45, 2.75) is 26.3 Å². The highest BCUT2D eigenvalue weighted by Gasteiger charge is 2.34. The fourth-order valence-electron chi connectivity index (χ4n) is 3.18. The molecule has 1 saturated heterocycles. The molecule has 1 aliphatic rings. The normalized spacial score (nSPS) is 15.2. The molecule has 0 aliphatic carbocycles. The molecule has 0 spiro atoms. The van der Waals surface area contributed by atoms with E-state index in [1.807, 2.05) is 19.1 Å². The molecular formula is C19H23N5O2. The molecule has 0 aromatic carbocycles. The molecule has 2 N–H and O–H groups in total. The Morgan fingerprint density at radius 3 is 2.88 bits per heavy atom. The second kappa shape index (κ2) is 7.51. The average Bonchev–Trinajstić information content (AvgIpc) is 2.60. The lowest BCUT2D eigenvalue weighted by Crippen LogP contribution is -2.55. The molecule has 1 atom stereocenters. The van der Waals surface area contributed by atoms with Crippen LogP contribution in [0.3, 0.4) is 0 Å². The van der Waals surface area contributed by atoms with Crippen molar-refractivity contribution in [1.29, 1.82) is 0 Å². The van der Waals surface area contributed by atoms with Gasteiger partial charge in [0.15, 0.2) is 0 Å². The molecule has 0 radical (unpaired) electrons. The van der Waals surface area contributed by atoms with Crippen LogP contribution in [0.2, 0.25) is 0 Å². The molecule has 7 nitrogen and oxygen atoms in total. The number of carbonyl (C=O) groups is 1. The number of H-pyrrole nitrogens is 1. The van der Waals surface area contributed by atoms with E-state index in [1.54, 1.807) is 11.1 Å². The predicted molar refractivity (Wildman–Crippen MR) is 101 cm³/mol. The number of aromatic amines is 1. The first-order chi connectivity index (χ1) is 12.5. The molecule has 26 heavy (non-hydrogen) atoms. The summed E-state index contributed by atoms with van der Waals surface area (Å²) in [5, 5.41) is 3.35. The summed E-state index contributed by atoms with van der Waals surface area (Å²) in [4.78, 5) is 36.7. The minimum atomic E-state index is -0.170. The Labute approximate surface area is 152 Å². The lowest BCUT2D eigenvalue weighted by molar-refractivity contribution is -0.132. The van der Waals surface area contributed by atoms with Gasteiger partial charge in [-0.15, -0.1) is 0 Å². The Hall–Kier alpha value is -2.96. The Balaban J connectivity index is 1.76. The molecule has 7 heteroatoms.